The molecule has 0 heterocycles. The molecule has 0 spiro atoms. The Morgan fingerprint density at radius 2 is 1.56 bits per heavy atom. The molecule has 0 radical (unpaired) electrons. The van der Waals surface area contributed by atoms with Crippen LogP contribution in [0.2, 0.25) is 0 Å². The molecule has 1 aromatic rings. The predicted octanol–water partition coefficient (Wildman–Crippen LogP) is 3.12. The molecule has 0 amide bonds. The van der Waals surface area contributed by atoms with Crippen molar-refractivity contribution in [2.75, 3.05) is 0 Å². The standard InChI is InChI=1S/C14H18O2/c1-10(2)12(15)14(3,4)13(16)11-8-6-5-7-9-11/h5-10H,1-4H3. The van der Waals surface area contributed by atoms with E-state index < -0.39 is 5.41 Å². The molecule has 0 saturated carbocycles. The van der Waals surface area contributed by atoms with Crippen molar-refractivity contribution >= 4 is 11.6 Å². The van der Waals surface area contributed by atoms with Crippen LogP contribution in [0.25, 0.3) is 0 Å². The Kier molecular flexibility index (Phi) is 3.63. The third-order valence-corrected chi connectivity index (χ3v) is 2.74. The Balaban J connectivity index is 3.02. The normalized spacial score (nSPS) is 11.6. The maximum Gasteiger partial charge on any atom is 0.175 e. The molecule has 16 heavy (non-hydrogen) atoms. The average Bonchev–Trinajstić information content (AvgIpc) is 2.28. The van der Waals surface area contributed by atoms with E-state index >= 15 is 0 Å². The van der Waals surface area contributed by atoms with E-state index in [2.05, 4.69) is 0 Å². The van der Waals surface area contributed by atoms with Crippen LogP contribution in [0.4, 0.5) is 0 Å². The number of ketones is 2. The quantitative estimate of drug-likeness (QED) is 0.574. The third kappa shape index (κ3) is 2.38. The van der Waals surface area contributed by atoms with E-state index in [4.69, 9.17) is 0 Å². The number of benzene rings is 1. The minimum atomic E-state index is -0.935. The summed E-state index contributed by atoms with van der Waals surface area (Å²) >= 11 is 0. The summed E-state index contributed by atoms with van der Waals surface area (Å²) in [7, 11) is 0. The first-order chi connectivity index (χ1) is 7.37. The van der Waals surface area contributed by atoms with Crippen LogP contribution < -0.4 is 0 Å². The predicted molar refractivity (Wildman–Crippen MR) is 64.4 cm³/mol. The molecule has 86 valence electrons. The number of Topliss-reactive ketones (excluding diaryl/α,β-unsaturated/α-hetero) is 2. The van der Waals surface area contributed by atoms with E-state index in [1.165, 1.54) is 0 Å². The minimum Gasteiger partial charge on any atom is -0.298 e. The highest BCUT2D eigenvalue weighted by molar-refractivity contribution is 6.14. The molecule has 2 nitrogen and oxygen atoms in total. The van der Waals surface area contributed by atoms with Gasteiger partial charge in [0.2, 0.25) is 0 Å². The maximum atomic E-state index is 12.2. The summed E-state index contributed by atoms with van der Waals surface area (Å²) in [6.45, 7) is 7.04. The molecule has 2 heteroatoms. The number of carbonyl (C=O) groups excluding carboxylic acids is 2. The SMILES string of the molecule is CC(C)C(=O)C(C)(C)C(=O)c1ccccc1. The molecular formula is C14H18O2. The van der Waals surface area contributed by atoms with E-state index in [1.807, 2.05) is 32.0 Å². The highest BCUT2D eigenvalue weighted by Gasteiger charge is 2.37. The van der Waals surface area contributed by atoms with Gasteiger partial charge in [-0.05, 0) is 13.8 Å². The van der Waals surface area contributed by atoms with Gasteiger partial charge in [0.25, 0.3) is 0 Å². The van der Waals surface area contributed by atoms with Gasteiger partial charge in [0.05, 0.1) is 5.41 Å². The van der Waals surface area contributed by atoms with Crippen molar-refractivity contribution in [3.05, 3.63) is 35.9 Å². The van der Waals surface area contributed by atoms with Crippen LogP contribution in [-0.4, -0.2) is 11.6 Å². The molecule has 0 bridgehead atoms. The van der Waals surface area contributed by atoms with Gasteiger partial charge < -0.3 is 0 Å². The largest absolute Gasteiger partial charge is 0.298 e. The number of rotatable bonds is 4. The molecule has 0 aromatic heterocycles. The van der Waals surface area contributed by atoms with E-state index in [1.54, 1.807) is 26.0 Å². The fourth-order valence-corrected chi connectivity index (χ4v) is 1.78. The zero-order valence-electron chi connectivity index (χ0n) is 10.3. The van der Waals surface area contributed by atoms with Crippen molar-refractivity contribution in [1.82, 2.24) is 0 Å². The number of hydrogen-bond acceptors (Lipinski definition) is 2. The van der Waals surface area contributed by atoms with Gasteiger partial charge in [-0.2, -0.15) is 0 Å². The highest BCUT2D eigenvalue weighted by Crippen LogP contribution is 2.26. The lowest BCUT2D eigenvalue weighted by Crippen LogP contribution is -2.36. The summed E-state index contributed by atoms with van der Waals surface area (Å²) in [6.07, 6.45) is 0. The lowest BCUT2D eigenvalue weighted by molar-refractivity contribution is -0.127. The van der Waals surface area contributed by atoms with Gasteiger partial charge in [-0.15, -0.1) is 0 Å². The van der Waals surface area contributed by atoms with Crippen LogP contribution in [0.3, 0.4) is 0 Å². The van der Waals surface area contributed by atoms with Gasteiger partial charge in [-0.3, -0.25) is 9.59 Å². The van der Waals surface area contributed by atoms with E-state index in [9.17, 15) is 9.59 Å². The highest BCUT2D eigenvalue weighted by atomic mass is 16.2. The molecular weight excluding hydrogens is 200 g/mol. The van der Waals surface area contributed by atoms with Crippen molar-refractivity contribution in [2.45, 2.75) is 27.7 Å². The molecule has 0 saturated heterocycles. The first kappa shape index (κ1) is 12.6. The van der Waals surface area contributed by atoms with Crippen molar-refractivity contribution in [3.8, 4) is 0 Å². The lowest BCUT2D eigenvalue weighted by Gasteiger charge is -2.23. The molecule has 0 unspecified atom stereocenters. The third-order valence-electron chi connectivity index (χ3n) is 2.74. The maximum absolute atomic E-state index is 12.2. The first-order valence-corrected chi connectivity index (χ1v) is 5.51. The number of carbonyl (C=O) groups is 2. The Hall–Kier alpha value is -1.44. The van der Waals surface area contributed by atoms with E-state index in [0.717, 1.165) is 0 Å². The summed E-state index contributed by atoms with van der Waals surface area (Å²) in [5, 5.41) is 0. The summed E-state index contributed by atoms with van der Waals surface area (Å²) in [4.78, 5) is 24.1. The van der Waals surface area contributed by atoms with Crippen LogP contribution >= 0.6 is 0 Å². The molecule has 0 aliphatic carbocycles. The zero-order valence-corrected chi connectivity index (χ0v) is 10.3. The van der Waals surface area contributed by atoms with Crippen LogP contribution in [0.15, 0.2) is 30.3 Å². The van der Waals surface area contributed by atoms with Gasteiger partial charge in [0, 0.05) is 11.5 Å². The van der Waals surface area contributed by atoms with Crippen molar-refractivity contribution in [1.29, 1.82) is 0 Å². The second-order valence-corrected chi connectivity index (χ2v) is 4.84. The molecule has 0 aliphatic rings. The molecule has 1 rings (SSSR count). The Bertz CT molecular complexity index is 388. The van der Waals surface area contributed by atoms with Gasteiger partial charge in [-0.1, -0.05) is 44.2 Å². The van der Waals surface area contributed by atoms with Gasteiger partial charge in [0.15, 0.2) is 5.78 Å². The Morgan fingerprint density at radius 3 is 2.00 bits per heavy atom. The van der Waals surface area contributed by atoms with Crippen molar-refractivity contribution in [2.24, 2.45) is 11.3 Å². The van der Waals surface area contributed by atoms with Crippen LogP contribution in [0, 0.1) is 11.3 Å². The molecule has 0 aliphatic heterocycles. The molecule has 1 aromatic carbocycles. The zero-order chi connectivity index (χ0) is 12.3. The minimum absolute atomic E-state index is 0.0126. The fraction of sp³-hybridized carbons (Fsp3) is 0.429. The van der Waals surface area contributed by atoms with Gasteiger partial charge >= 0.3 is 0 Å². The fourth-order valence-electron chi connectivity index (χ4n) is 1.78. The van der Waals surface area contributed by atoms with Crippen LogP contribution in [-0.2, 0) is 4.79 Å². The molecule has 0 atom stereocenters. The summed E-state index contributed by atoms with van der Waals surface area (Å²) in [5.74, 6) is -0.240. The Morgan fingerprint density at radius 1 is 1.06 bits per heavy atom. The average molecular weight is 218 g/mol. The van der Waals surface area contributed by atoms with Crippen LogP contribution in [0.5, 0.6) is 0 Å². The molecule has 0 fully saturated rings. The molecule has 0 N–H and O–H groups in total. The van der Waals surface area contributed by atoms with Crippen molar-refractivity contribution < 1.29 is 9.59 Å². The van der Waals surface area contributed by atoms with E-state index in [0.29, 0.717) is 5.56 Å². The summed E-state index contributed by atoms with van der Waals surface area (Å²) < 4.78 is 0. The topological polar surface area (TPSA) is 34.1 Å². The monoisotopic (exact) mass is 218 g/mol. The van der Waals surface area contributed by atoms with Gasteiger partial charge in [0.1, 0.15) is 5.78 Å². The first-order valence-electron chi connectivity index (χ1n) is 5.51. The lowest BCUT2D eigenvalue weighted by atomic mass is 9.76. The van der Waals surface area contributed by atoms with Crippen molar-refractivity contribution in [3.63, 3.8) is 0 Å². The Labute approximate surface area is 96.7 Å². The van der Waals surface area contributed by atoms with E-state index in [-0.39, 0.29) is 17.5 Å². The van der Waals surface area contributed by atoms with Gasteiger partial charge in [-0.25, -0.2) is 0 Å². The summed E-state index contributed by atoms with van der Waals surface area (Å²) in [6, 6.07) is 8.97. The number of hydrogen-bond donors (Lipinski definition) is 0. The summed E-state index contributed by atoms with van der Waals surface area (Å²) in [5.41, 5.74) is -0.336. The second kappa shape index (κ2) is 4.60. The smallest absolute Gasteiger partial charge is 0.175 e. The van der Waals surface area contributed by atoms with Crippen LogP contribution in [0.1, 0.15) is 38.1 Å². The second-order valence-electron chi connectivity index (χ2n) is 4.84.